The van der Waals surface area contributed by atoms with Crippen molar-refractivity contribution in [3.63, 3.8) is 0 Å². The van der Waals surface area contributed by atoms with Gasteiger partial charge >= 0.3 is 0 Å². The monoisotopic (exact) mass is 375 g/mol. The fraction of sp³-hybridized carbons (Fsp3) is 0.235. The number of halogens is 1. The summed E-state index contributed by atoms with van der Waals surface area (Å²) in [4.78, 5) is 32.4. The second kappa shape index (κ2) is 9.47. The number of aromatic nitrogens is 3. The third-order valence-corrected chi connectivity index (χ3v) is 3.33. The number of carbonyl (C=O) groups excluding carboxylic acids is 2. The lowest BCUT2D eigenvalue weighted by molar-refractivity contribution is -0.126. The lowest BCUT2D eigenvalue weighted by Gasteiger charge is -2.12. The molecular weight excluding hydrogens is 358 g/mol. The van der Waals surface area contributed by atoms with Crippen molar-refractivity contribution in [1.29, 1.82) is 0 Å². The van der Waals surface area contributed by atoms with Crippen molar-refractivity contribution in [1.82, 2.24) is 25.3 Å². The van der Waals surface area contributed by atoms with Crippen LogP contribution in [0.2, 0.25) is 5.02 Å². The van der Waals surface area contributed by atoms with E-state index in [-0.39, 0.29) is 24.2 Å². The first kappa shape index (κ1) is 19.3. The van der Waals surface area contributed by atoms with Crippen LogP contribution in [-0.2, 0) is 9.59 Å². The summed E-state index contributed by atoms with van der Waals surface area (Å²) in [6.45, 7) is 3.99. The molecule has 0 aliphatic carbocycles. The Morgan fingerprint density at radius 3 is 2.88 bits per heavy atom. The Bertz CT molecular complexity index is 831. The van der Waals surface area contributed by atoms with Gasteiger partial charge in [0.2, 0.25) is 18.1 Å². The summed E-state index contributed by atoms with van der Waals surface area (Å²) < 4.78 is 5.25. The molecule has 0 saturated heterocycles. The van der Waals surface area contributed by atoms with Gasteiger partial charge in [-0.25, -0.2) is 0 Å². The summed E-state index contributed by atoms with van der Waals surface area (Å²) in [7, 11) is 0. The van der Waals surface area contributed by atoms with Crippen LogP contribution in [0, 0.1) is 0 Å². The van der Waals surface area contributed by atoms with Crippen LogP contribution >= 0.6 is 11.6 Å². The number of carbonyl (C=O) groups is 2. The number of hydrogen-bond donors (Lipinski definition) is 1. The molecule has 2 aromatic rings. The number of nitrogens with one attached hydrogen (secondary N) is 1. The number of allylic oxidation sites excluding steroid dienone is 3. The van der Waals surface area contributed by atoms with Crippen molar-refractivity contribution in [2.45, 2.75) is 13.8 Å². The van der Waals surface area contributed by atoms with Gasteiger partial charge in [-0.15, -0.1) is 0 Å². The van der Waals surface area contributed by atoms with E-state index in [0.29, 0.717) is 29.1 Å². The van der Waals surface area contributed by atoms with E-state index in [9.17, 15) is 9.59 Å². The van der Waals surface area contributed by atoms with E-state index in [1.807, 2.05) is 6.92 Å². The molecule has 0 atom stereocenters. The SMILES string of the molecule is C/C=C\C(=C/N(C=O)CC(=O)NCC)c1noc(-c2cncc(Cl)c2)n1. The molecule has 0 radical (unpaired) electrons. The Balaban J connectivity index is 2.29. The van der Waals surface area contributed by atoms with Crippen LogP contribution < -0.4 is 5.32 Å². The number of amides is 2. The van der Waals surface area contributed by atoms with Crippen LogP contribution in [0.15, 0.2) is 41.3 Å². The summed E-state index contributed by atoms with van der Waals surface area (Å²) in [5.74, 6) is 0.238. The third kappa shape index (κ3) is 5.25. The van der Waals surface area contributed by atoms with Gasteiger partial charge in [-0.05, 0) is 19.9 Å². The summed E-state index contributed by atoms with van der Waals surface area (Å²) in [5.41, 5.74) is 1.08. The van der Waals surface area contributed by atoms with Gasteiger partial charge in [-0.2, -0.15) is 4.98 Å². The highest BCUT2D eigenvalue weighted by molar-refractivity contribution is 6.30. The molecule has 2 heterocycles. The van der Waals surface area contributed by atoms with E-state index in [0.717, 1.165) is 0 Å². The van der Waals surface area contributed by atoms with Gasteiger partial charge in [0.25, 0.3) is 5.89 Å². The highest BCUT2D eigenvalue weighted by atomic mass is 35.5. The van der Waals surface area contributed by atoms with E-state index in [1.54, 1.807) is 31.3 Å². The van der Waals surface area contributed by atoms with Gasteiger partial charge in [-0.1, -0.05) is 28.9 Å². The molecule has 0 aliphatic heterocycles. The van der Waals surface area contributed by atoms with Crippen molar-refractivity contribution in [2.75, 3.05) is 13.1 Å². The van der Waals surface area contributed by atoms with E-state index < -0.39 is 0 Å². The Morgan fingerprint density at radius 1 is 1.42 bits per heavy atom. The molecule has 2 rings (SSSR count). The predicted octanol–water partition coefficient (Wildman–Crippen LogP) is 2.30. The number of nitrogens with zero attached hydrogens (tertiary/aromatic N) is 4. The highest BCUT2D eigenvalue weighted by Crippen LogP contribution is 2.22. The Labute approximate surface area is 155 Å². The average molecular weight is 376 g/mol. The number of pyridine rings is 1. The molecule has 136 valence electrons. The normalized spacial score (nSPS) is 11.6. The largest absolute Gasteiger partial charge is 0.355 e. The van der Waals surface area contributed by atoms with Crippen molar-refractivity contribution >= 4 is 29.5 Å². The van der Waals surface area contributed by atoms with Crippen molar-refractivity contribution in [3.05, 3.63) is 47.7 Å². The summed E-state index contributed by atoms with van der Waals surface area (Å²) >= 11 is 5.92. The smallest absolute Gasteiger partial charge is 0.259 e. The minimum Gasteiger partial charge on any atom is -0.355 e. The minimum atomic E-state index is -0.269. The van der Waals surface area contributed by atoms with Gasteiger partial charge < -0.3 is 14.7 Å². The van der Waals surface area contributed by atoms with Gasteiger partial charge in [-0.3, -0.25) is 14.6 Å². The molecule has 2 aromatic heterocycles. The molecule has 1 N–H and O–H groups in total. The molecule has 0 aliphatic rings. The third-order valence-electron chi connectivity index (χ3n) is 3.12. The second-order valence-electron chi connectivity index (χ2n) is 5.13. The zero-order valence-electron chi connectivity index (χ0n) is 14.3. The lowest BCUT2D eigenvalue weighted by Crippen LogP contribution is -2.33. The number of likely N-dealkylation sites (N-methyl/N-ethyl adjacent to an activating group) is 1. The van der Waals surface area contributed by atoms with Crippen LogP contribution in [0.5, 0.6) is 0 Å². The first-order chi connectivity index (χ1) is 12.6. The number of hydrogen-bond acceptors (Lipinski definition) is 6. The Hall–Kier alpha value is -3.00. The second-order valence-corrected chi connectivity index (χ2v) is 5.57. The van der Waals surface area contributed by atoms with Crippen LogP contribution in [0.3, 0.4) is 0 Å². The molecule has 0 saturated carbocycles. The van der Waals surface area contributed by atoms with Crippen molar-refractivity contribution in [2.24, 2.45) is 0 Å². The summed E-state index contributed by atoms with van der Waals surface area (Å²) in [6, 6.07) is 1.65. The van der Waals surface area contributed by atoms with Crippen LogP contribution in [0.4, 0.5) is 0 Å². The molecule has 0 spiro atoms. The Morgan fingerprint density at radius 2 is 2.23 bits per heavy atom. The maximum Gasteiger partial charge on any atom is 0.259 e. The summed E-state index contributed by atoms with van der Waals surface area (Å²) in [6.07, 6.45) is 8.55. The fourth-order valence-corrected chi connectivity index (χ4v) is 2.23. The van der Waals surface area contributed by atoms with Gasteiger partial charge in [0, 0.05) is 30.7 Å². The van der Waals surface area contributed by atoms with E-state index in [2.05, 4.69) is 20.4 Å². The van der Waals surface area contributed by atoms with Crippen LogP contribution in [-0.4, -0.2) is 45.4 Å². The lowest BCUT2D eigenvalue weighted by atomic mass is 10.2. The van der Waals surface area contributed by atoms with Crippen LogP contribution in [0.25, 0.3) is 17.0 Å². The predicted molar refractivity (Wildman–Crippen MR) is 96.8 cm³/mol. The summed E-state index contributed by atoms with van der Waals surface area (Å²) in [5, 5.41) is 7.00. The topological polar surface area (TPSA) is 101 Å². The molecule has 2 amide bonds. The average Bonchev–Trinajstić information content (AvgIpc) is 3.11. The van der Waals surface area contributed by atoms with E-state index >= 15 is 0 Å². The number of rotatable bonds is 8. The molecule has 0 unspecified atom stereocenters. The zero-order valence-corrected chi connectivity index (χ0v) is 15.1. The van der Waals surface area contributed by atoms with E-state index in [1.165, 1.54) is 17.3 Å². The van der Waals surface area contributed by atoms with Crippen molar-refractivity contribution in [3.8, 4) is 11.5 Å². The standard InChI is InChI=1S/C17H18ClN5O3/c1-3-5-12(9-23(11-24)10-15(25)20-4-2)16-21-17(26-22-16)13-6-14(18)8-19-7-13/h3,5-9,11H,4,10H2,1-2H3,(H,20,25)/b5-3-,12-9+. The van der Waals surface area contributed by atoms with Crippen LogP contribution in [0.1, 0.15) is 19.7 Å². The van der Waals surface area contributed by atoms with E-state index in [4.69, 9.17) is 16.1 Å². The highest BCUT2D eigenvalue weighted by Gasteiger charge is 2.14. The molecular formula is C17H18ClN5O3. The molecule has 0 bridgehead atoms. The van der Waals surface area contributed by atoms with Gasteiger partial charge in [0.05, 0.1) is 10.6 Å². The fourth-order valence-electron chi connectivity index (χ4n) is 2.05. The molecule has 9 heteroatoms. The maximum atomic E-state index is 11.7. The quantitative estimate of drug-likeness (QED) is 0.561. The maximum absolute atomic E-state index is 11.7. The minimum absolute atomic E-state index is 0.110. The molecule has 8 nitrogen and oxygen atoms in total. The first-order valence-corrected chi connectivity index (χ1v) is 8.22. The first-order valence-electron chi connectivity index (χ1n) is 7.84. The molecule has 0 aromatic carbocycles. The van der Waals surface area contributed by atoms with Gasteiger partial charge in [0.15, 0.2) is 0 Å². The molecule has 0 fully saturated rings. The van der Waals surface area contributed by atoms with Crippen molar-refractivity contribution < 1.29 is 14.1 Å². The van der Waals surface area contributed by atoms with Gasteiger partial charge in [0.1, 0.15) is 6.54 Å². The Kier molecular flexibility index (Phi) is 7.04. The molecule has 26 heavy (non-hydrogen) atoms. The zero-order chi connectivity index (χ0) is 18.9.